The van der Waals surface area contributed by atoms with Gasteiger partial charge in [0.1, 0.15) is 0 Å². The maximum atomic E-state index is 3.71. The second-order valence-corrected chi connectivity index (χ2v) is 7.92. The minimum atomic E-state index is 0.504. The molecular formula is C17H26Br2N2. The lowest BCUT2D eigenvalue weighted by molar-refractivity contribution is 0.176. The molecule has 2 nitrogen and oxygen atoms in total. The van der Waals surface area contributed by atoms with Gasteiger partial charge in [0, 0.05) is 15.0 Å². The Balaban J connectivity index is 1.95. The molecular weight excluding hydrogens is 392 g/mol. The van der Waals surface area contributed by atoms with Gasteiger partial charge < -0.3 is 10.2 Å². The predicted octanol–water partition coefficient (Wildman–Crippen LogP) is 5.44. The number of hydrogen-bond acceptors (Lipinski definition) is 2. The molecule has 21 heavy (non-hydrogen) atoms. The first-order chi connectivity index (χ1) is 10.0. The number of likely N-dealkylation sites (tertiary alicyclic amines) is 1. The number of rotatable bonds is 5. The predicted molar refractivity (Wildman–Crippen MR) is 99.1 cm³/mol. The van der Waals surface area contributed by atoms with E-state index >= 15 is 0 Å². The molecule has 1 aliphatic heterocycles. The summed E-state index contributed by atoms with van der Waals surface area (Å²) < 4.78 is 2.29. The van der Waals surface area contributed by atoms with Crippen LogP contribution in [0.1, 0.15) is 38.7 Å². The van der Waals surface area contributed by atoms with Gasteiger partial charge in [0.2, 0.25) is 0 Å². The lowest BCUT2D eigenvalue weighted by Gasteiger charge is -2.35. The van der Waals surface area contributed by atoms with E-state index in [4.69, 9.17) is 0 Å². The highest BCUT2D eigenvalue weighted by Gasteiger charge is 2.24. The molecule has 0 amide bonds. The zero-order chi connectivity index (χ0) is 15.4. The van der Waals surface area contributed by atoms with Crippen LogP contribution in [0.25, 0.3) is 0 Å². The van der Waals surface area contributed by atoms with Gasteiger partial charge in [-0.25, -0.2) is 0 Å². The van der Waals surface area contributed by atoms with Crippen molar-refractivity contribution in [3.05, 3.63) is 26.6 Å². The fourth-order valence-corrected chi connectivity index (χ4v) is 4.82. The van der Waals surface area contributed by atoms with Crippen molar-refractivity contribution in [2.75, 3.05) is 25.0 Å². The van der Waals surface area contributed by atoms with E-state index in [2.05, 4.69) is 75.0 Å². The molecule has 1 atom stereocenters. The lowest BCUT2D eigenvalue weighted by atomic mass is 9.90. The fourth-order valence-electron chi connectivity index (χ4n) is 3.18. The van der Waals surface area contributed by atoms with E-state index in [1.54, 1.807) is 0 Å². The summed E-state index contributed by atoms with van der Waals surface area (Å²) in [6, 6.07) is 4.84. The summed E-state index contributed by atoms with van der Waals surface area (Å²) >= 11 is 7.36. The van der Waals surface area contributed by atoms with Gasteiger partial charge in [-0.15, -0.1) is 0 Å². The number of halogens is 2. The van der Waals surface area contributed by atoms with Gasteiger partial charge in [-0.1, -0.05) is 6.92 Å². The van der Waals surface area contributed by atoms with Crippen molar-refractivity contribution in [2.45, 2.75) is 46.1 Å². The first-order valence-electron chi connectivity index (χ1n) is 7.95. The van der Waals surface area contributed by atoms with Crippen LogP contribution < -0.4 is 5.32 Å². The molecule has 1 heterocycles. The van der Waals surface area contributed by atoms with E-state index in [0.29, 0.717) is 6.04 Å². The average molecular weight is 418 g/mol. The minimum Gasteiger partial charge on any atom is -0.380 e. The monoisotopic (exact) mass is 416 g/mol. The summed E-state index contributed by atoms with van der Waals surface area (Å²) in [5.41, 5.74) is 2.45. The van der Waals surface area contributed by atoms with Gasteiger partial charge in [0.05, 0.1) is 5.69 Å². The highest BCUT2D eigenvalue weighted by molar-refractivity contribution is 9.11. The summed E-state index contributed by atoms with van der Waals surface area (Å²) in [7, 11) is 0. The molecule has 0 spiro atoms. The zero-order valence-electron chi connectivity index (χ0n) is 13.3. The number of nitrogens with zero attached hydrogens (tertiary/aromatic N) is 1. The molecule has 0 saturated carbocycles. The third-order valence-electron chi connectivity index (χ3n) is 4.44. The number of nitrogens with one attached hydrogen (secondary N) is 1. The van der Waals surface area contributed by atoms with Crippen LogP contribution in [0.2, 0.25) is 0 Å². The van der Waals surface area contributed by atoms with Crippen LogP contribution in [0.3, 0.4) is 0 Å². The summed E-state index contributed by atoms with van der Waals surface area (Å²) in [6.07, 6.45) is 3.87. The van der Waals surface area contributed by atoms with Crippen LogP contribution in [0.15, 0.2) is 21.1 Å². The standard InChI is InChI=1S/C17H26Br2N2/c1-4-7-21-8-5-14(6-9-21)13(3)20-17-15(18)10-12(2)11-16(17)19/h10-11,13-14,20H,4-9H2,1-3H3. The van der Waals surface area contributed by atoms with Crippen LogP contribution in [-0.2, 0) is 0 Å². The van der Waals surface area contributed by atoms with Gasteiger partial charge in [-0.05, 0) is 108 Å². The fraction of sp³-hybridized carbons (Fsp3) is 0.647. The van der Waals surface area contributed by atoms with E-state index in [1.165, 1.54) is 50.1 Å². The molecule has 1 saturated heterocycles. The van der Waals surface area contributed by atoms with Crippen LogP contribution >= 0.6 is 31.9 Å². The topological polar surface area (TPSA) is 15.3 Å². The first-order valence-corrected chi connectivity index (χ1v) is 9.54. The van der Waals surface area contributed by atoms with E-state index in [1.807, 2.05) is 0 Å². The van der Waals surface area contributed by atoms with Crippen molar-refractivity contribution in [3.63, 3.8) is 0 Å². The number of aryl methyl sites for hydroxylation is 1. The molecule has 1 unspecified atom stereocenters. The molecule has 0 bridgehead atoms. The molecule has 0 aromatic heterocycles. The van der Waals surface area contributed by atoms with E-state index in [0.717, 1.165) is 14.9 Å². The Morgan fingerprint density at radius 2 is 1.81 bits per heavy atom. The minimum absolute atomic E-state index is 0.504. The van der Waals surface area contributed by atoms with Gasteiger partial charge >= 0.3 is 0 Å². The Bertz CT molecular complexity index is 445. The van der Waals surface area contributed by atoms with Crippen LogP contribution in [0.4, 0.5) is 5.69 Å². The number of hydrogen-bond donors (Lipinski definition) is 1. The van der Waals surface area contributed by atoms with Crippen LogP contribution in [0, 0.1) is 12.8 Å². The maximum Gasteiger partial charge on any atom is 0.0631 e. The number of benzene rings is 1. The summed E-state index contributed by atoms with van der Waals surface area (Å²) in [6.45, 7) is 10.5. The van der Waals surface area contributed by atoms with Crippen molar-refractivity contribution in [2.24, 2.45) is 5.92 Å². The second-order valence-electron chi connectivity index (χ2n) is 6.22. The smallest absolute Gasteiger partial charge is 0.0631 e. The van der Waals surface area contributed by atoms with Crippen LogP contribution in [0.5, 0.6) is 0 Å². The number of piperidine rings is 1. The largest absolute Gasteiger partial charge is 0.380 e. The molecule has 4 heteroatoms. The Hall–Kier alpha value is -0.0600. The summed E-state index contributed by atoms with van der Waals surface area (Å²) in [5, 5.41) is 3.71. The Morgan fingerprint density at radius 3 is 2.33 bits per heavy atom. The molecule has 1 fully saturated rings. The van der Waals surface area contributed by atoms with Crippen molar-refractivity contribution in [1.82, 2.24) is 4.90 Å². The summed E-state index contributed by atoms with van der Waals surface area (Å²) in [5.74, 6) is 0.762. The molecule has 0 aliphatic carbocycles. The maximum absolute atomic E-state index is 3.71. The Morgan fingerprint density at radius 1 is 1.24 bits per heavy atom. The van der Waals surface area contributed by atoms with Crippen molar-refractivity contribution < 1.29 is 0 Å². The molecule has 118 valence electrons. The highest BCUT2D eigenvalue weighted by Crippen LogP contribution is 2.34. The van der Waals surface area contributed by atoms with E-state index < -0.39 is 0 Å². The van der Waals surface area contributed by atoms with Gasteiger partial charge in [0.25, 0.3) is 0 Å². The quantitative estimate of drug-likeness (QED) is 0.685. The Labute approximate surface area is 145 Å². The molecule has 1 aromatic rings. The van der Waals surface area contributed by atoms with Crippen LogP contribution in [-0.4, -0.2) is 30.6 Å². The van der Waals surface area contributed by atoms with Crippen molar-refractivity contribution >= 4 is 37.5 Å². The SMILES string of the molecule is CCCN1CCC(C(C)Nc2c(Br)cc(C)cc2Br)CC1. The normalized spacial score (nSPS) is 18.7. The third-order valence-corrected chi connectivity index (χ3v) is 5.69. The average Bonchev–Trinajstić information content (AvgIpc) is 2.43. The van der Waals surface area contributed by atoms with Gasteiger partial charge in [-0.3, -0.25) is 0 Å². The first kappa shape index (κ1) is 17.3. The molecule has 1 N–H and O–H groups in total. The molecule has 1 aromatic carbocycles. The second kappa shape index (κ2) is 7.98. The Kier molecular flexibility index (Phi) is 6.57. The van der Waals surface area contributed by atoms with E-state index in [9.17, 15) is 0 Å². The van der Waals surface area contributed by atoms with Crippen molar-refractivity contribution in [3.8, 4) is 0 Å². The highest BCUT2D eigenvalue weighted by atomic mass is 79.9. The molecule has 1 aliphatic rings. The zero-order valence-corrected chi connectivity index (χ0v) is 16.4. The number of anilines is 1. The summed E-state index contributed by atoms with van der Waals surface area (Å²) in [4.78, 5) is 2.60. The van der Waals surface area contributed by atoms with Crippen molar-refractivity contribution in [1.29, 1.82) is 0 Å². The van der Waals surface area contributed by atoms with Gasteiger partial charge in [0.15, 0.2) is 0 Å². The lowest BCUT2D eigenvalue weighted by Crippen LogP contribution is -2.39. The third kappa shape index (κ3) is 4.70. The molecule has 0 radical (unpaired) electrons. The van der Waals surface area contributed by atoms with E-state index in [-0.39, 0.29) is 0 Å². The van der Waals surface area contributed by atoms with Gasteiger partial charge in [-0.2, -0.15) is 0 Å². The molecule has 2 rings (SSSR count).